The van der Waals surface area contributed by atoms with Crippen molar-refractivity contribution in [2.75, 3.05) is 0 Å². The summed E-state index contributed by atoms with van der Waals surface area (Å²) in [6.07, 6.45) is 5.13. The van der Waals surface area contributed by atoms with Crippen LogP contribution in [0.2, 0.25) is 0 Å². The fourth-order valence-electron chi connectivity index (χ4n) is 2.66. The third kappa shape index (κ3) is 2.71. The van der Waals surface area contributed by atoms with Gasteiger partial charge in [-0.1, -0.05) is 30.3 Å². The van der Waals surface area contributed by atoms with E-state index in [-0.39, 0.29) is 0 Å². The molecule has 1 aromatic carbocycles. The summed E-state index contributed by atoms with van der Waals surface area (Å²) in [6.45, 7) is 5.29. The van der Waals surface area contributed by atoms with Gasteiger partial charge in [0.1, 0.15) is 0 Å². The molecule has 0 amide bonds. The zero-order chi connectivity index (χ0) is 13.2. The monoisotopic (exact) mass is 255 g/mol. The molecule has 1 aliphatic carbocycles. The fraction of sp³-hybridized carbons (Fsp3) is 0.438. The number of nitrogens with one attached hydrogen (secondary N) is 1. The van der Waals surface area contributed by atoms with Crippen LogP contribution in [0.1, 0.15) is 43.5 Å². The summed E-state index contributed by atoms with van der Waals surface area (Å²) in [5.41, 5.74) is 2.73. The highest BCUT2D eigenvalue weighted by Gasteiger charge is 2.37. The van der Waals surface area contributed by atoms with Gasteiger partial charge in [0.25, 0.3) is 0 Å². The number of benzene rings is 1. The van der Waals surface area contributed by atoms with Crippen LogP contribution in [0.25, 0.3) is 0 Å². The first kappa shape index (κ1) is 12.4. The van der Waals surface area contributed by atoms with Crippen molar-refractivity contribution in [3.63, 3.8) is 0 Å². The molecule has 1 fully saturated rings. The van der Waals surface area contributed by atoms with Crippen LogP contribution >= 0.6 is 0 Å². The number of hydrogen-bond donors (Lipinski definition) is 1. The van der Waals surface area contributed by atoms with Crippen LogP contribution in [-0.2, 0) is 6.54 Å². The minimum atomic E-state index is 0.475. The first-order valence-corrected chi connectivity index (χ1v) is 7.04. The van der Waals surface area contributed by atoms with Crippen LogP contribution in [0.5, 0.6) is 0 Å². The first-order chi connectivity index (χ1) is 9.25. The lowest BCUT2D eigenvalue weighted by atomic mass is 10.1. The molecule has 1 heterocycles. The van der Waals surface area contributed by atoms with Gasteiger partial charge in [-0.3, -0.25) is 0 Å². The summed E-state index contributed by atoms with van der Waals surface area (Å²) in [5, 5.41) is 3.64. The minimum Gasteiger partial charge on any atom is -0.331 e. The molecule has 0 radical (unpaired) electrons. The van der Waals surface area contributed by atoms with E-state index in [0.717, 1.165) is 6.54 Å². The Morgan fingerprint density at radius 2 is 2.11 bits per heavy atom. The molecular formula is C16H21N3. The Hall–Kier alpha value is -1.61. The number of rotatable bonds is 5. The molecule has 2 atom stereocenters. The van der Waals surface area contributed by atoms with Gasteiger partial charge in [0.05, 0.1) is 12.0 Å². The van der Waals surface area contributed by atoms with Crippen LogP contribution in [0.3, 0.4) is 0 Å². The number of nitrogens with zero attached hydrogens (tertiary/aromatic N) is 2. The Bertz CT molecular complexity index is 530. The van der Waals surface area contributed by atoms with E-state index in [1.54, 1.807) is 0 Å². The van der Waals surface area contributed by atoms with E-state index in [9.17, 15) is 0 Å². The first-order valence-electron chi connectivity index (χ1n) is 7.04. The quantitative estimate of drug-likeness (QED) is 0.889. The molecule has 2 unspecified atom stereocenters. The van der Waals surface area contributed by atoms with E-state index >= 15 is 0 Å². The maximum atomic E-state index is 4.24. The van der Waals surface area contributed by atoms with Crippen molar-refractivity contribution >= 4 is 0 Å². The van der Waals surface area contributed by atoms with Gasteiger partial charge in [-0.2, -0.15) is 0 Å². The Morgan fingerprint density at radius 1 is 1.32 bits per heavy atom. The van der Waals surface area contributed by atoms with E-state index in [1.807, 2.05) is 12.5 Å². The van der Waals surface area contributed by atoms with E-state index in [2.05, 4.69) is 59.0 Å². The Kier molecular flexibility index (Phi) is 3.38. The lowest BCUT2D eigenvalue weighted by molar-refractivity contribution is 0.547. The molecule has 0 bridgehead atoms. The van der Waals surface area contributed by atoms with E-state index < -0.39 is 0 Å². The van der Waals surface area contributed by atoms with Crippen LogP contribution < -0.4 is 5.32 Å². The van der Waals surface area contributed by atoms with Crippen LogP contribution in [0.4, 0.5) is 0 Å². The van der Waals surface area contributed by atoms with Crippen molar-refractivity contribution < 1.29 is 0 Å². The Labute approximate surface area is 114 Å². The van der Waals surface area contributed by atoms with Crippen molar-refractivity contribution in [3.8, 4) is 0 Å². The molecule has 3 nitrogen and oxygen atoms in total. The van der Waals surface area contributed by atoms with Gasteiger partial charge in [0, 0.05) is 30.7 Å². The molecule has 0 aliphatic heterocycles. The number of hydrogen-bond acceptors (Lipinski definition) is 2. The zero-order valence-corrected chi connectivity index (χ0v) is 11.6. The second-order valence-electron chi connectivity index (χ2n) is 5.63. The van der Waals surface area contributed by atoms with Gasteiger partial charge in [0.15, 0.2) is 0 Å². The van der Waals surface area contributed by atoms with E-state index in [1.165, 1.54) is 17.7 Å². The molecule has 1 aromatic heterocycles. The second-order valence-corrected chi connectivity index (χ2v) is 5.63. The maximum absolute atomic E-state index is 4.24. The average Bonchev–Trinajstić information content (AvgIpc) is 3.05. The topological polar surface area (TPSA) is 29.9 Å². The summed E-state index contributed by atoms with van der Waals surface area (Å²) in [7, 11) is 0. The highest BCUT2D eigenvalue weighted by Crippen LogP contribution is 2.40. The summed E-state index contributed by atoms with van der Waals surface area (Å²) >= 11 is 0. The molecule has 0 saturated heterocycles. The van der Waals surface area contributed by atoms with Gasteiger partial charge in [-0.05, 0) is 25.8 Å². The van der Waals surface area contributed by atoms with Crippen LogP contribution in [0.15, 0.2) is 42.9 Å². The summed E-state index contributed by atoms with van der Waals surface area (Å²) in [4.78, 5) is 4.24. The minimum absolute atomic E-state index is 0.475. The standard InChI is InChI=1S/C16H21N3/c1-12(2)19-11-17-9-14(19)10-18-16-8-15(16)13-6-4-3-5-7-13/h3-7,9,11-12,15-16,18H,8,10H2,1-2H3. The van der Waals surface area contributed by atoms with Gasteiger partial charge in [-0.25, -0.2) is 4.98 Å². The van der Waals surface area contributed by atoms with Gasteiger partial charge in [0.2, 0.25) is 0 Å². The molecule has 0 spiro atoms. The molecule has 1 saturated carbocycles. The summed E-state index contributed by atoms with van der Waals surface area (Å²) in [6, 6.07) is 11.9. The third-order valence-electron chi connectivity index (χ3n) is 3.87. The molecule has 19 heavy (non-hydrogen) atoms. The largest absolute Gasteiger partial charge is 0.331 e. The molecular weight excluding hydrogens is 234 g/mol. The third-order valence-corrected chi connectivity index (χ3v) is 3.87. The Morgan fingerprint density at radius 3 is 2.84 bits per heavy atom. The number of imidazole rings is 1. The smallest absolute Gasteiger partial charge is 0.0951 e. The predicted molar refractivity (Wildman–Crippen MR) is 77.0 cm³/mol. The van der Waals surface area contributed by atoms with E-state index in [0.29, 0.717) is 18.0 Å². The van der Waals surface area contributed by atoms with Crippen molar-refractivity contribution in [3.05, 3.63) is 54.1 Å². The second kappa shape index (κ2) is 5.17. The lowest BCUT2D eigenvalue weighted by Crippen LogP contribution is -2.20. The number of aromatic nitrogens is 2. The average molecular weight is 255 g/mol. The SMILES string of the molecule is CC(C)n1cncc1CNC1CC1c1ccccc1. The van der Waals surface area contributed by atoms with Crippen molar-refractivity contribution in [2.24, 2.45) is 0 Å². The predicted octanol–water partition coefficient (Wildman–Crippen LogP) is 3.11. The summed E-state index contributed by atoms with van der Waals surface area (Å²) < 4.78 is 2.23. The molecule has 100 valence electrons. The van der Waals surface area contributed by atoms with E-state index in [4.69, 9.17) is 0 Å². The van der Waals surface area contributed by atoms with Crippen molar-refractivity contribution in [1.82, 2.24) is 14.9 Å². The van der Waals surface area contributed by atoms with Gasteiger partial charge in [-0.15, -0.1) is 0 Å². The molecule has 2 aromatic rings. The van der Waals surface area contributed by atoms with Crippen LogP contribution in [0, 0.1) is 0 Å². The molecule has 1 aliphatic rings. The van der Waals surface area contributed by atoms with Crippen molar-refractivity contribution in [2.45, 2.75) is 44.8 Å². The fourth-order valence-corrected chi connectivity index (χ4v) is 2.66. The van der Waals surface area contributed by atoms with Crippen molar-refractivity contribution in [1.29, 1.82) is 0 Å². The lowest BCUT2D eigenvalue weighted by Gasteiger charge is -2.12. The normalized spacial score (nSPS) is 21.8. The highest BCUT2D eigenvalue weighted by molar-refractivity contribution is 5.27. The highest BCUT2D eigenvalue weighted by atomic mass is 15.1. The Balaban J connectivity index is 1.56. The van der Waals surface area contributed by atoms with Gasteiger partial charge >= 0.3 is 0 Å². The molecule has 1 N–H and O–H groups in total. The summed E-state index contributed by atoms with van der Waals surface area (Å²) in [5.74, 6) is 0.691. The van der Waals surface area contributed by atoms with Crippen LogP contribution in [-0.4, -0.2) is 15.6 Å². The maximum Gasteiger partial charge on any atom is 0.0951 e. The molecule has 3 rings (SSSR count). The zero-order valence-electron chi connectivity index (χ0n) is 11.6. The van der Waals surface area contributed by atoms with Gasteiger partial charge < -0.3 is 9.88 Å². The molecule has 3 heteroatoms.